The molecule has 33 heavy (non-hydrogen) atoms. The second-order valence-electron chi connectivity index (χ2n) is 16.0. The van der Waals surface area contributed by atoms with Crippen molar-refractivity contribution in [3.63, 3.8) is 0 Å². The highest BCUT2D eigenvalue weighted by Crippen LogP contribution is 2.68. The number of hydrogen-bond acceptors (Lipinski definition) is 0. The van der Waals surface area contributed by atoms with E-state index >= 15 is 0 Å². The average molecular weight is 504 g/mol. The Morgan fingerprint density at radius 2 is 1.39 bits per heavy atom. The van der Waals surface area contributed by atoms with E-state index in [4.69, 9.17) is 0 Å². The molecule has 9 atom stereocenters. The fourth-order valence-electron chi connectivity index (χ4n) is 11.3. The van der Waals surface area contributed by atoms with Crippen LogP contribution in [0.5, 0.6) is 0 Å². The van der Waals surface area contributed by atoms with Crippen molar-refractivity contribution >= 4 is 23.0 Å². The largest absolute Gasteiger partial charge is 0.0719 e. The molecule has 4 unspecified atom stereocenters. The molecule has 0 spiro atoms. The molecule has 1 radical (unpaired) electrons. The highest BCUT2D eigenvalue weighted by atomic mass is 29.6. The molecule has 0 N–H and O–H groups in total. The predicted octanol–water partition coefficient (Wildman–Crippen LogP) is 9.78. The molecule has 4 aliphatic carbocycles. The van der Waals surface area contributed by atoms with Gasteiger partial charge in [-0.05, 0) is 91.3 Å². The lowest BCUT2D eigenvalue weighted by Gasteiger charge is -2.65. The van der Waals surface area contributed by atoms with Gasteiger partial charge in [-0.2, -0.15) is 0 Å². The quantitative estimate of drug-likeness (QED) is 0.327. The fraction of sp³-hybridized carbons (Fsp3) is 1.00. The standard InChI is InChI=1S/C30H59Si3/c1-11-22(2)26-13-12-14-27-25-16-15-23-21-24(31(32(5,6)7)33(8,9)10)17-19-29(23,3)28(25)18-20-30(26,27)4/h22-28H,11-21H2,1-10H3/t22?,23-,24-,25?,26-,27?,28?,29+,30-/m1/s1. The molecule has 0 nitrogen and oxygen atoms in total. The van der Waals surface area contributed by atoms with Gasteiger partial charge in [0.25, 0.3) is 0 Å². The second kappa shape index (κ2) is 9.19. The van der Waals surface area contributed by atoms with Crippen LogP contribution >= 0.6 is 0 Å². The van der Waals surface area contributed by atoms with Gasteiger partial charge in [0.15, 0.2) is 0 Å². The lowest BCUT2D eigenvalue weighted by molar-refractivity contribution is -0.147. The summed E-state index contributed by atoms with van der Waals surface area (Å²) in [5, 5.41) is 0. The van der Waals surface area contributed by atoms with E-state index in [0.29, 0.717) is 10.8 Å². The molecule has 0 bridgehead atoms. The number of fused-ring (bicyclic) bond motifs is 5. The van der Waals surface area contributed by atoms with Gasteiger partial charge >= 0.3 is 0 Å². The van der Waals surface area contributed by atoms with Crippen molar-refractivity contribution in [2.24, 2.45) is 46.3 Å². The van der Waals surface area contributed by atoms with E-state index in [0.717, 1.165) is 41.0 Å². The summed E-state index contributed by atoms with van der Waals surface area (Å²) in [6.07, 6.45) is 17.1. The third-order valence-electron chi connectivity index (χ3n) is 12.3. The SMILES string of the molecule is CCC(C)[C@H]1CCCC2C3CC[C@@H]4C[C@H]([Si]([Si](C)(C)C)[Si](C)(C)C)CC[C@]4(C)C3CC[C@@]21C. The molecule has 4 fully saturated rings. The maximum atomic E-state index is 2.82. The Kier molecular flexibility index (Phi) is 7.44. The maximum Gasteiger partial charge on any atom is 0.0369 e. The van der Waals surface area contributed by atoms with Crippen LogP contribution in [-0.2, 0) is 0 Å². The van der Waals surface area contributed by atoms with Gasteiger partial charge in [0.05, 0.1) is 0 Å². The van der Waals surface area contributed by atoms with E-state index in [1.165, 1.54) is 19.3 Å². The number of hydrogen-bond donors (Lipinski definition) is 0. The Morgan fingerprint density at radius 3 is 2.00 bits per heavy atom. The van der Waals surface area contributed by atoms with Crippen LogP contribution in [0, 0.1) is 46.3 Å². The second-order valence-corrected chi connectivity index (χ2v) is 40.4. The van der Waals surface area contributed by atoms with Gasteiger partial charge in [0.1, 0.15) is 0 Å². The van der Waals surface area contributed by atoms with Gasteiger partial charge < -0.3 is 0 Å². The minimum Gasteiger partial charge on any atom is -0.0719 e. The zero-order valence-electron chi connectivity index (χ0n) is 24.3. The fourth-order valence-corrected chi connectivity index (χ4v) is 52.9. The number of rotatable bonds is 5. The van der Waals surface area contributed by atoms with Crippen molar-refractivity contribution in [3.8, 4) is 0 Å². The van der Waals surface area contributed by atoms with Crippen LogP contribution in [0.15, 0.2) is 0 Å². The Bertz CT molecular complexity index is 676. The van der Waals surface area contributed by atoms with E-state index in [1.54, 1.807) is 51.4 Å². The van der Waals surface area contributed by atoms with E-state index in [1.807, 2.05) is 0 Å². The van der Waals surface area contributed by atoms with Gasteiger partial charge in [-0.1, -0.05) is 98.2 Å². The Morgan fingerprint density at radius 1 is 0.788 bits per heavy atom. The molecule has 4 aliphatic rings. The first-order valence-corrected chi connectivity index (χ1v) is 25.7. The van der Waals surface area contributed by atoms with Crippen LogP contribution in [0.3, 0.4) is 0 Å². The normalized spacial score (nSPS) is 45.2. The monoisotopic (exact) mass is 503 g/mol. The van der Waals surface area contributed by atoms with E-state index in [-0.39, 0.29) is 7.83 Å². The zero-order chi connectivity index (χ0) is 24.4. The summed E-state index contributed by atoms with van der Waals surface area (Å²) in [6, 6.07) is 0. The molecule has 4 saturated carbocycles. The Labute approximate surface area is 212 Å². The van der Waals surface area contributed by atoms with Gasteiger partial charge in [-0.3, -0.25) is 0 Å². The van der Waals surface area contributed by atoms with Crippen LogP contribution in [0.2, 0.25) is 44.8 Å². The first kappa shape index (κ1) is 26.7. The van der Waals surface area contributed by atoms with Gasteiger partial charge in [-0.15, -0.1) is 0 Å². The molecule has 0 aromatic heterocycles. The highest BCUT2D eigenvalue weighted by molar-refractivity contribution is 7.60. The third kappa shape index (κ3) is 4.60. The summed E-state index contributed by atoms with van der Waals surface area (Å²) in [7, 11) is -2.18. The molecular formula is C30H59Si3. The summed E-state index contributed by atoms with van der Waals surface area (Å²) in [4.78, 5) is 0. The molecule has 0 aromatic rings. The summed E-state index contributed by atoms with van der Waals surface area (Å²) in [5.41, 5.74) is 2.48. The van der Waals surface area contributed by atoms with Crippen LogP contribution in [0.25, 0.3) is 0 Å². The highest BCUT2D eigenvalue weighted by Gasteiger charge is 2.60. The molecule has 0 aromatic carbocycles. The topological polar surface area (TPSA) is 0 Å². The Hall–Kier alpha value is 0.651. The lowest BCUT2D eigenvalue weighted by atomic mass is 9.41. The summed E-state index contributed by atoms with van der Waals surface area (Å²) < 4.78 is 0. The maximum absolute atomic E-state index is 2.82. The lowest BCUT2D eigenvalue weighted by Crippen LogP contribution is -2.63. The van der Waals surface area contributed by atoms with Crippen molar-refractivity contribution < 1.29 is 0 Å². The van der Waals surface area contributed by atoms with E-state index < -0.39 is 15.2 Å². The minimum atomic E-state index is -1.02. The van der Waals surface area contributed by atoms with E-state index in [9.17, 15) is 0 Å². The average Bonchev–Trinajstić information content (AvgIpc) is 2.70. The third-order valence-corrected chi connectivity index (χ3v) is 42.6. The van der Waals surface area contributed by atoms with Crippen molar-refractivity contribution in [2.75, 3.05) is 0 Å². The minimum absolute atomic E-state index is 0.151. The van der Waals surface area contributed by atoms with Crippen LogP contribution in [0.1, 0.15) is 98.3 Å². The predicted molar refractivity (Wildman–Crippen MR) is 155 cm³/mol. The smallest absolute Gasteiger partial charge is 0.0369 e. The van der Waals surface area contributed by atoms with Crippen LogP contribution in [0.4, 0.5) is 0 Å². The molecule has 0 amide bonds. The van der Waals surface area contributed by atoms with Crippen molar-refractivity contribution in [1.82, 2.24) is 0 Å². The molecule has 3 heteroatoms. The first-order chi connectivity index (χ1) is 15.2. The van der Waals surface area contributed by atoms with Gasteiger partial charge in [0.2, 0.25) is 0 Å². The van der Waals surface area contributed by atoms with Gasteiger partial charge in [-0.25, -0.2) is 0 Å². The van der Waals surface area contributed by atoms with Gasteiger partial charge in [0, 0.05) is 23.0 Å². The van der Waals surface area contributed by atoms with Crippen LogP contribution < -0.4 is 0 Å². The van der Waals surface area contributed by atoms with Crippen molar-refractivity contribution in [1.29, 1.82) is 0 Å². The summed E-state index contributed by atoms with van der Waals surface area (Å²) in [6.45, 7) is 27.1. The van der Waals surface area contributed by atoms with Crippen molar-refractivity contribution in [3.05, 3.63) is 0 Å². The first-order valence-electron chi connectivity index (χ1n) is 15.1. The molecule has 4 rings (SSSR count). The summed E-state index contributed by atoms with van der Waals surface area (Å²) in [5.74, 6) is 6.15. The molecule has 191 valence electrons. The zero-order valence-corrected chi connectivity index (χ0v) is 27.3. The molecule has 0 aliphatic heterocycles. The molecule has 0 heterocycles. The molecule has 0 saturated heterocycles. The van der Waals surface area contributed by atoms with Crippen molar-refractivity contribution in [2.45, 2.75) is 143 Å². The Balaban J connectivity index is 1.55. The van der Waals surface area contributed by atoms with E-state index in [2.05, 4.69) is 67.0 Å². The molecular weight excluding hydrogens is 445 g/mol. The van der Waals surface area contributed by atoms with Crippen LogP contribution in [-0.4, -0.2) is 23.0 Å². The summed E-state index contributed by atoms with van der Waals surface area (Å²) >= 11 is 0.